The van der Waals surface area contributed by atoms with Crippen LogP contribution in [0.15, 0.2) is 102 Å². The van der Waals surface area contributed by atoms with Gasteiger partial charge < -0.3 is 19.7 Å². The second-order valence-electron chi connectivity index (χ2n) is 11.8. The molecule has 0 heterocycles. The maximum absolute atomic E-state index is 14.7. The van der Waals surface area contributed by atoms with E-state index in [4.69, 9.17) is 9.47 Å². The number of aryl methyl sites for hydroxylation is 1. The van der Waals surface area contributed by atoms with Crippen LogP contribution in [0.5, 0.6) is 11.5 Å². The molecule has 0 bridgehead atoms. The van der Waals surface area contributed by atoms with Crippen LogP contribution in [0.25, 0.3) is 0 Å². The van der Waals surface area contributed by atoms with Crippen molar-refractivity contribution in [1.82, 2.24) is 10.2 Å². The molecule has 1 N–H and O–H groups in total. The van der Waals surface area contributed by atoms with E-state index in [0.717, 1.165) is 15.9 Å². The van der Waals surface area contributed by atoms with Gasteiger partial charge in [-0.05, 0) is 73.9 Å². The number of nitro groups is 1. The summed E-state index contributed by atoms with van der Waals surface area (Å²) in [5.74, 6) is -0.0730. The van der Waals surface area contributed by atoms with Crippen LogP contribution >= 0.6 is 0 Å². The Morgan fingerprint density at radius 1 is 0.880 bits per heavy atom. The molecule has 0 aliphatic heterocycles. The van der Waals surface area contributed by atoms with Crippen molar-refractivity contribution < 1.29 is 32.4 Å². The van der Waals surface area contributed by atoms with Gasteiger partial charge >= 0.3 is 0 Å². The van der Waals surface area contributed by atoms with Gasteiger partial charge in [0.15, 0.2) is 0 Å². The fraction of sp³-hybridized carbons (Fsp3) is 0.297. The molecule has 4 aromatic rings. The van der Waals surface area contributed by atoms with Gasteiger partial charge in [-0.2, -0.15) is 0 Å². The largest absolute Gasteiger partial charge is 0.497 e. The lowest BCUT2D eigenvalue weighted by atomic mass is 10.0. The minimum Gasteiger partial charge on any atom is -0.497 e. The van der Waals surface area contributed by atoms with E-state index in [-0.39, 0.29) is 40.8 Å². The topological polar surface area (TPSA) is 148 Å². The molecule has 0 saturated heterocycles. The lowest BCUT2D eigenvalue weighted by Crippen LogP contribution is -2.54. The van der Waals surface area contributed by atoms with Gasteiger partial charge in [-0.25, -0.2) is 8.42 Å². The number of sulfonamides is 1. The number of anilines is 1. The van der Waals surface area contributed by atoms with Crippen molar-refractivity contribution in [2.75, 3.05) is 25.1 Å². The maximum atomic E-state index is 14.7. The van der Waals surface area contributed by atoms with Gasteiger partial charge in [-0.3, -0.25) is 24.0 Å². The number of nitrogens with zero attached hydrogens (tertiary/aromatic N) is 3. The molecule has 4 aromatic carbocycles. The van der Waals surface area contributed by atoms with Gasteiger partial charge in [-0.1, -0.05) is 55.5 Å². The summed E-state index contributed by atoms with van der Waals surface area (Å²) < 4.78 is 40.3. The first-order chi connectivity index (χ1) is 23.9. The first-order valence-electron chi connectivity index (χ1n) is 16.1. The van der Waals surface area contributed by atoms with E-state index in [2.05, 4.69) is 5.32 Å². The van der Waals surface area contributed by atoms with Crippen LogP contribution in [0.2, 0.25) is 0 Å². The molecule has 13 heteroatoms. The van der Waals surface area contributed by atoms with Crippen molar-refractivity contribution >= 4 is 33.2 Å². The van der Waals surface area contributed by atoms with E-state index in [1.54, 1.807) is 36.4 Å². The third-order valence-electron chi connectivity index (χ3n) is 8.36. The van der Waals surface area contributed by atoms with E-state index in [1.807, 2.05) is 44.2 Å². The zero-order chi connectivity index (χ0) is 36.4. The van der Waals surface area contributed by atoms with Crippen molar-refractivity contribution in [3.05, 3.63) is 124 Å². The zero-order valence-corrected chi connectivity index (χ0v) is 29.6. The van der Waals surface area contributed by atoms with Crippen molar-refractivity contribution in [1.29, 1.82) is 0 Å². The molecular formula is C37H42N4O8S. The number of methoxy groups -OCH3 is 2. The number of carbonyl (C=O) groups excluding carboxylic acids is 2. The Hall–Kier alpha value is -5.43. The SMILES string of the molecule is CC[C@@H](C)NC(=O)[C@@H](Cc1ccccc1)N(Cc1cccc(OC)c1)C(=O)CN(c1ccc(OC)cc1)S(=O)(=O)c1ccc(C)c([N+](=O)[O-])c1. The normalized spacial score (nSPS) is 12.3. The summed E-state index contributed by atoms with van der Waals surface area (Å²) in [6, 6.07) is 24.7. The van der Waals surface area contributed by atoms with Crippen LogP contribution in [0.4, 0.5) is 11.4 Å². The van der Waals surface area contributed by atoms with E-state index in [1.165, 1.54) is 50.3 Å². The molecule has 0 saturated carbocycles. The summed E-state index contributed by atoms with van der Waals surface area (Å²) in [5, 5.41) is 14.8. The molecule has 2 amide bonds. The quantitative estimate of drug-likeness (QED) is 0.116. The number of benzene rings is 4. The standard InChI is InChI=1S/C37H42N4O8S/c1-6-27(3)38-37(43)35(22-28-11-8-7-9-12-28)39(24-29-13-10-14-32(21-29)49-5)36(42)25-40(30-16-18-31(48-4)19-17-30)50(46,47)33-20-15-26(2)34(23-33)41(44)45/h7-21,23,27,35H,6,22,24-25H2,1-5H3,(H,38,43)/t27-,35-/m1/s1. The summed E-state index contributed by atoms with van der Waals surface area (Å²) in [5.41, 5.74) is 1.47. The number of rotatable bonds is 16. The van der Waals surface area contributed by atoms with Crippen LogP contribution in [-0.4, -0.2) is 62.9 Å². The number of ether oxygens (including phenoxy) is 2. The van der Waals surface area contributed by atoms with E-state index in [0.29, 0.717) is 23.5 Å². The number of nitro benzene ring substituents is 1. The Morgan fingerprint density at radius 2 is 1.54 bits per heavy atom. The smallest absolute Gasteiger partial charge is 0.273 e. The molecule has 0 radical (unpaired) electrons. The molecule has 2 atom stereocenters. The number of nitrogens with one attached hydrogen (secondary N) is 1. The molecule has 0 unspecified atom stereocenters. The Balaban J connectivity index is 1.86. The molecule has 4 rings (SSSR count). The summed E-state index contributed by atoms with van der Waals surface area (Å²) >= 11 is 0. The lowest BCUT2D eigenvalue weighted by molar-refractivity contribution is -0.385. The fourth-order valence-corrected chi connectivity index (χ4v) is 6.75. The molecule has 0 aliphatic rings. The van der Waals surface area contributed by atoms with Crippen LogP contribution in [0.1, 0.15) is 37.0 Å². The Morgan fingerprint density at radius 3 is 2.16 bits per heavy atom. The molecule has 12 nitrogen and oxygen atoms in total. The third kappa shape index (κ3) is 9.17. The fourth-order valence-electron chi connectivity index (χ4n) is 5.31. The predicted molar refractivity (Wildman–Crippen MR) is 191 cm³/mol. The number of amides is 2. The van der Waals surface area contributed by atoms with Crippen LogP contribution in [-0.2, 0) is 32.6 Å². The van der Waals surface area contributed by atoms with Gasteiger partial charge in [0.05, 0.1) is 29.7 Å². The van der Waals surface area contributed by atoms with Gasteiger partial charge in [0.25, 0.3) is 15.7 Å². The molecule has 0 aromatic heterocycles. The molecular weight excluding hydrogens is 660 g/mol. The van der Waals surface area contributed by atoms with Gasteiger partial charge in [0.1, 0.15) is 24.1 Å². The molecule has 264 valence electrons. The Labute approximate surface area is 292 Å². The summed E-state index contributed by atoms with van der Waals surface area (Å²) in [6.07, 6.45) is 0.804. The molecule has 0 spiro atoms. The van der Waals surface area contributed by atoms with Crippen molar-refractivity contribution in [3.8, 4) is 11.5 Å². The monoisotopic (exact) mass is 702 g/mol. The highest BCUT2D eigenvalue weighted by Gasteiger charge is 2.35. The average molecular weight is 703 g/mol. The van der Waals surface area contributed by atoms with Gasteiger partial charge in [0, 0.05) is 30.6 Å². The number of hydrogen-bond acceptors (Lipinski definition) is 8. The Bertz CT molecular complexity index is 1900. The Kier molecular flexibility index (Phi) is 12.6. The van der Waals surface area contributed by atoms with Gasteiger partial charge in [0.2, 0.25) is 11.8 Å². The predicted octanol–water partition coefficient (Wildman–Crippen LogP) is 5.67. The second kappa shape index (κ2) is 16.8. The number of hydrogen-bond donors (Lipinski definition) is 1. The van der Waals surface area contributed by atoms with E-state index < -0.39 is 39.3 Å². The summed E-state index contributed by atoms with van der Waals surface area (Å²) in [4.78, 5) is 40.8. The minimum atomic E-state index is -4.57. The van der Waals surface area contributed by atoms with E-state index >= 15 is 0 Å². The highest BCUT2D eigenvalue weighted by molar-refractivity contribution is 7.92. The summed E-state index contributed by atoms with van der Waals surface area (Å²) in [7, 11) is -1.58. The van der Waals surface area contributed by atoms with Crippen LogP contribution < -0.4 is 19.1 Å². The molecule has 0 fully saturated rings. The zero-order valence-electron chi connectivity index (χ0n) is 28.7. The van der Waals surface area contributed by atoms with Crippen molar-refractivity contribution in [3.63, 3.8) is 0 Å². The second-order valence-corrected chi connectivity index (χ2v) is 13.7. The summed E-state index contributed by atoms with van der Waals surface area (Å²) in [6.45, 7) is 4.54. The first-order valence-corrected chi connectivity index (χ1v) is 17.5. The van der Waals surface area contributed by atoms with Crippen LogP contribution in [0, 0.1) is 17.0 Å². The van der Waals surface area contributed by atoms with Gasteiger partial charge in [-0.15, -0.1) is 0 Å². The highest BCUT2D eigenvalue weighted by atomic mass is 32.2. The third-order valence-corrected chi connectivity index (χ3v) is 10.1. The highest BCUT2D eigenvalue weighted by Crippen LogP contribution is 2.30. The number of carbonyl (C=O) groups is 2. The van der Waals surface area contributed by atoms with Crippen molar-refractivity contribution in [2.45, 2.75) is 57.1 Å². The average Bonchev–Trinajstić information content (AvgIpc) is 3.12. The minimum absolute atomic E-state index is 0.0477. The first kappa shape index (κ1) is 37.4. The van der Waals surface area contributed by atoms with E-state index in [9.17, 15) is 28.1 Å². The van der Waals surface area contributed by atoms with Crippen LogP contribution in [0.3, 0.4) is 0 Å². The maximum Gasteiger partial charge on any atom is 0.273 e. The molecule has 0 aliphatic carbocycles. The lowest BCUT2D eigenvalue weighted by Gasteiger charge is -2.34. The molecule has 50 heavy (non-hydrogen) atoms. The van der Waals surface area contributed by atoms with Crippen molar-refractivity contribution in [2.24, 2.45) is 0 Å².